The molecule has 0 heterocycles. The zero-order valence-corrected chi connectivity index (χ0v) is 13.3. The van der Waals surface area contributed by atoms with Crippen LogP contribution >= 0.6 is 27.5 Å². The molecule has 0 aliphatic carbocycles. The highest BCUT2D eigenvalue weighted by molar-refractivity contribution is 9.09. The van der Waals surface area contributed by atoms with Gasteiger partial charge in [0, 0.05) is 17.0 Å². The minimum Gasteiger partial charge on any atom is -0.372 e. The Bertz CT molecular complexity index is 398. The van der Waals surface area contributed by atoms with E-state index in [4.69, 9.17) is 11.6 Å². The number of hydrogen-bond donors (Lipinski definition) is 0. The lowest BCUT2D eigenvalue weighted by molar-refractivity contribution is -0.174. The standard InChI is InChI=1S/C14H17BrClF3O/c15-9-12(4-2-6-20-10-14(17,18)19)7-11-3-1-5-13(16)8-11/h1,3,5,8,12H,2,4,6-7,9-10H2. The second kappa shape index (κ2) is 8.90. The van der Waals surface area contributed by atoms with Gasteiger partial charge in [0.15, 0.2) is 0 Å². The molecular formula is C14H17BrClF3O. The largest absolute Gasteiger partial charge is 0.411 e. The van der Waals surface area contributed by atoms with Crippen molar-refractivity contribution in [3.05, 3.63) is 34.9 Å². The van der Waals surface area contributed by atoms with Gasteiger partial charge < -0.3 is 4.74 Å². The van der Waals surface area contributed by atoms with Crippen LogP contribution in [0.5, 0.6) is 0 Å². The average Bonchev–Trinajstić information content (AvgIpc) is 2.35. The van der Waals surface area contributed by atoms with Gasteiger partial charge in [0.25, 0.3) is 0 Å². The molecule has 0 saturated heterocycles. The second-order valence-electron chi connectivity index (χ2n) is 4.66. The summed E-state index contributed by atoms with van der Waals surface area (Å²) in [6, 6.07) is 7.63. The van der Waals surface area contributed by atoms with Gasteiger partial charge in [0.1, 0.15) is 6.61 Å². The monoisotopic (exact) mass is 372 g/mol. The zero-order valence-electron chi connectivity index (χ0n) is 10.9. The molecule has 1 rings (SSSR count). The molecule has 0 aromatic heterocycles. The molecule has 0 spiro atoms. The van der Waals surface area contributed by atoms with E-state index in [9.17, 15) is 13.2 Å². The van der Waals surface area contributed by atoms with Crippen LogP contribution in [0.4, 0.5) is 13.2 Å². The van der Waals surface area contributed by atoms with Crippen molar-refractivity contribution in [2.24, 2.45) is 5.92 Å². The molecule has 0 saturated carbocycles. The van der Waals surface area contributed by atoms with Crippen LogP contribution in [0.2, 0.25) is 5.02 Å². The molecule has 0 bridgehead atoms. The Morgan fingerprint density at radius 3 is 2.65 bits per heavy atom. The Kier molecular flexibility index (Phi) is 7.92. The van der Waals surface area contributed by atoms with Crippen molar-refractivity contribution in [2.45, 2.75) is 25.4 Å². The number of benzene rings is 1. The number of rotatable bonds is 8. The molecule has 0 N–H and O–H groups in total. The van der Waals surface area contributed by atoms with Gasteiger partial charge in [-0.1, -0.05) is 39.7 Å². The number of ether oxygens (including phenoxy) is 1. The van der Waals surface area contributed by atoms with Crippen LogP contribution < -0.4 is 0 Å². The van der Waals surface area contributed by atoms with E-state index >= 15 is 0 Å². The highest BCUT2D eigenvalue weighted by atomic mass is 79.9. The third-order valence-corrected chi connectivity index (χ3v) is 3.95. The summed E-state index contributed by atoms with van der Waals surface area (Å²) < 4.78 is 40.3. The fraction of sp³-hybridized carbons (Fsp3) is 0.571. The van der Waals surface area contributed by atoms with E-state index in [1.807, 2.05) is 24.3 Å². The SMILES string of the molecule is FC(F)(F)COCCCC(CBr)Cc1cccc(Cl)c1. The fourth-order valence-corrected chi connectivity index (χ4v) is 2.66. The van der Waals surface area contributed by atoms with Crippen molar-refractivity contribution in [2.75, 3.05) is 18.5 Å². The van der Waals surface area contributed by atoms with Crippen LogP contribution in [0.3, 0.4) is 0 Å². The van der Waals surface area contributed by atoms with Crippen LogP contribution in [-0.4, -0.2) is 24.7 Å². The molecule has 0 aliphatic rings. The van der Waals surface area contributed by atoms with Crippen molar-refractivity contribution < 1.29 is 17.9 Å². The van der Waals surface area contributed by atoms with Gasteiger partial charge >= 0.3 is 6.18 Å². The smallest absolute Gasteiger partial charge is 0.372 e. The lowest BCUT2D eigenvalue weighted by atomic mass is 9.97. The Hall–Kier alpha value is -0.260. The molecule has 1 aromatic carbocycles. The maximum Gasteiger partial charge on any atom is 0.411 e. The molecular weight excluding hydrogens is 357 g/mol. The summed E-state index contributed by atoms with van der Waals surface area (Å²) in [4.78, 5) is 0. The first-order valence-electron chi connectivity index (χ1n) is 6.35. The summed E-state index contributed by atoms with van der Waals surface area (Å²) in [5.74, 6) is 0.364. The first-order valence-corrected chi connectivity index (χ1v) is 7.85. The molecule has 6 heteroatoms. The van der Waals surface area contributed by atoms with Crippen molar-refractivity contribution in [1.29, 1.82) is 0 Å². The lowest BCUT2D eigenvalue weighted by Crippen LogP contribution is -2.17. The van der Waals surface area contributed by atoms with E-state index in [0.29, 0.717) is 17.4 Å². The molecule has 0 radical (unpaired) electrons. The van der Waals surface area contributed by atoms with Crippen molar-refractivity contribution >= 4 is 27.5 Å². The summed E-state index contributed by atoms with van der Waals surface area (Å²) in [5.41, 5.74) is 1.14. The topological polar surface area (TPSA) is 9.23 Å². The van der Waals surface area contributed by atoms with E-state index < -0.39 is 12.8 Å². The van der Waals surface area contributed by atoms with Gasteiger partial charge in [-0.3, -0.25) is 0 Å². The van der Waals surface area contributed by atoms with Crippen LogP contribution in [0, 0.1) is 5.92 Å². The number of alkyl halides is 4. The highest BCUT2D eigenvalue weighted by Gasteiger charge is 2.27. The van der Waals surface area contributed by atoms with Crippen molar-refractivity contribution in [1.82, 2.24) is 0 Å². The quantitative estimate of drug-likeness (QED) is 0.446. The van der Waals surface area contributed by atoms with Gasteiger partial charge in [-0.25, -0.2) is 0 Å². The first kappa shape index (κ1) is 17.8. The lowest BCUT2D eigenvalue weighted by Gasteiger charge is -2.14. The average molecular weight is 374 g/mol. The summed E-state index contributed by atoms with van der Waals surface area (Å²) in [5, 5.41) is 1.50. The van der Waals surface area contributed by atoms with Gasteiger partial charge in [-0.05, 0) is 42.9 Å². The van der Waals surface area contributed by atoms with Crippen LogP contribution in [0.25, 0.3) is 0 Å². The molecule has 1 nitrogen and oxygen atoms in total. The van der Waals surface area contributed by atoms with E-state index in [1.165, 1.54) is 0 Å². The van der Waals surface area contributed by atoms with Gasteiger partial charge in [0.2, 0.25) is 0 Å². The van der Waals surface area contributed by atoms with E-state index in [2.05, 4.69) is 20.7 Å². The molecule has 1 atom stereocenters. The molecule has 0 fully saturated rings. The maximum atomic E-state index is 11.9. The second-order valence-corrected chi connectivity index (χ2v) is 5.75. The molecule has 1 unspecified atom stereocenters. The van der Waals surface area contributed by atoms with Crippen molar-refractivity contribution in [3.8, 4) is 0 Å². The van der Waals surface area contributed by atoms with E-state index in [-0.39, 0.29) is 6.61 Å². The number of halogens is 5. The Labute approximate surface area is 130 Å². The maximum absolute atomic E-state index is 11.9. The van der Waals surface area contributed by atoms with Gasteiger partial charge in [0.05, 0.1) is 0 Å². The fourth-order valence-electron chi connectivity index (χ4n) is 1.89. The minimum atomic E-state index is -4.24. The molecule has 0 amide bonds. The van der Waals surface area contributed by atoms with Crippen LogP contribution in [0.15, 0.2) is 24.3 Å². The van der Waals surface area contributed by atoms with E-state index in [0.717, 1.165) is 23.7 Å². The Morgan fingerprint density at radius 1 is 1.30 bits per heavy atom. The van der Waals surface area contributed by atoms with Crippen molar-refractivity contribution in [3.63, 3.8) is 0 Å². The minimum absolute atomic E-state index is 0.137. The summed E-state index contributed by atoms with van der Waals surface area (Å²) in [6.45, 7) is -1.03. The van der Waals surface area contributed by atoms with Crippen LogP contribution in [-0.2, 0) is 11.2 Å². The van der Waals surface area contributed by atoms with E-state index in [1.54, 1.807) is 0 Å². The molecule has 114 valence electrons. The summed E-state index contributed by atoms with van der Waals surface area (Å²) >= 11 is 9.36. The number of hydrogen-bond acceptors (Lipinski definition) is 1. The van der Waals surface area contributed by atoms with Gasteiger partial charge in [-0.2, -0.15) is 13.2 Å². The predicted octanol–water partition coefficient (Wildman–Crippen LogP) is 5.25. The third-order valence-electron chi connectivity index (χ3n) is 2.80. The Morgan fingerprint density at radius 2 is 2.05 bits per heavy atom. The Balaban J connectivity index is 2.26. The molecule has 0 aliphatic heterocycles. The van der Waals surface area contributed by atoms with Gasteiger partial charge in [-0.15, -0.1) is 0 Å². The normalized spacial score (nSPS) is 13.4. The summed E-state index contributed by atoms with van der Waals surface area (Å²) in [7, 11) is 0. The van der Waals surface area contributed by atoms with Crippen LogP contribution in [0.1, 0.15) is 18.4 Å². The predicted molar refractivity (Wildman–Crippen MR) is 78.5 cm³/mol. The molecule has 1 aromatic rings. The summed E-state index contributed by atoms with van der Waals surface area (Å²) in [6.07, 6.45) is -1.96. The highest BCUT2D eigenvalue weighted by Crippen LogP contribution is 2.20. The third kappa shape index (κ3) is 8.12. The molecule has 20 heavy (non-hydrogen) atoms. The first-order chi connectivity index (χ1) is 9.40. The zero-order chi connectivity index (χ0) is 15.0.